The van der Waals surface area contributed by atoms with Gasteiger partial charge in [-0.05, 0) is 12.1 Å². The van der Waals surface area contributed by atoms with Crippen molar-refractivity contribution in [2.24, 2.45) is 0 Å². The average molecular weight is 327 g/mol. The maximum atomic E-state index is 5.86. The predicted molar refractivity (Wildman–Crippen MR) is 63.8 cm³/mol. The number of nitrogens with zero attached hydrogens (tertiary/aromatic N) is 1. The average Bonchev–Trinajstić information content (AvgIpc) is 2.48. The predicted octanol–water partition coefficient (Wildman–Crippen LogP) is 3.80. The molecule has 2 rings (SSSR count). The molecule has 1 heterocycles. The Morgan fingerprint density at radius 2 is 2.00 bits per heavy atom. The zero-order valence-corrected chi connectivity index (χ0v) is 10.1. The third-order valence-electron chi connectivity index (χ3n) is 1.70. The van der Waals surface area contributed by atoms with E-state index < -0.39 is 0 Å². The van der Waals surface area contributed by atoms with E-state index in [0.717, 1.165) is 21.3 Å². The van der Waals surface area contributed by atoms with Crippen LogP contribution < -0.4 is 0 Å². The van der Waals surface area contributed by atoms with Crippen molar-refractivity contribution in [1.82, 2.24) is 9.97 Å². The van der Waals surface area contributed by atoms with E-state index in [2.05, 4.69) is 32.6 Å². The molecule has 0 atom stereocenters. The van der Waals surface area contributed by atoms with E-state index in [4.69, 9.17) is 23.2 Å². The number of aromatic nitrogens is 2. The Kier molecular flexibility index (Phi) is 2.67. The van der Waals surface area contributed by atoms with Gasteiger partial charge in [0.25, 0.3) is 0 Å². The summed E-state index contributed by atoms with van der Waals surface area (Å²) in [6.45, 7) is 0. The Hall–Kier alpha value is -0.000000000000000111. The smallest absolute Gasteiger partial charge is 0.117 e. The number of hydrogen-bond donors (Lipinski definition) is 1. The highest BCUT2D eigenvalue weighted by atomic mass is 127. The fraction of sp³-hybridized carbons (Fsp3) is 0.125. The van der Waals surface area contributed by atoms with Crippen LogP contribution in [0, 0.1) is 0 Å². The molecule has 0 spiro atoms. The summed E-state index contributed by atoms with van der Waals surface area (Å²) in [5.74, 6) is 0.939. The summed E-state index contributed by atoms with van der Waals surface area (Å²) in [7, 11) is 0. The Labute approximate surface area is 98.8 Å². The van der Waals surface area contributed by atoms with Crippen molar-refractivity contribution in [3.8, 4) is 0 Å². The van der Waals surface area contributed by atoms with Gasteiger partial charge in [-0.3, -0.25) is 0 Å². The monoisotopic (exact) mass is 326 g/mol. The lowest BCUT2D eigenvalue weighted by atomic mass is 10.3. The summed E-state index contributed by atoms with van der Waals surface area (Å²) in [4.78, 5) is 7.48. The van der Waals surface area contributed by atoms with Crippen LogP contribution in [0.3, 0.4) is 0 Å². The van der Waals surface area contributed by atoms with Crippen molar-refractivity contribution >= 4 is 56.8 Å². The molecule has 0 fully saturated rings. The fourth-order valence-electron chi connectivity index (χ4n) is 1.12. The molecular formula is C8H5Cl2IN2. The van der Waals surface area contributed by atoms with Gasteiger partial charge in [0.2, 0.25) is 0 Å². The molecule has 68 valence electrons. The molecule has 0 saturated carbocycles. The van der Waals surface area contributed by atoms with Gasteiger partial charge in [0.1, 0.15) is 5.82 Å². The SMILES string of the molecule is Clc1cc2nc(CI)[nH]c2cc1Cl. The van der Waals surface area contributed by atoms with Gasteiger partial charge in [0.15, 0.2) is 0 Å². The molecule has 0 saturated heterocycles. The molecule has 0 aliphatic carbocycles. The maximum Gasteiger partial charge on any atom is 0.117 e. The van der Waals surface area contributed by atoms with Crippen LogP contribution in [-0.2, 0) is 4.43 Å². The molecule has 2 aromatic rings. The molecule has 13 heavy (non-hydrogen) atoms. The van der Waals surface area contributed by atoms with Gasteiger partial charge >= 0.3 is 0 Å². The molecule has 0 amide bonds. The minimum absolute atomic E-state index is 0.542. The highest BCUT2D eigenvalue weighted by molar-refractivity contribution is 14.1. The third kappa shape index (κ3) is 1.78. The number of aromatic amines is 1. The lowest BCUT2D eigenvalue weighted by molar-refractivity contribution is 1.16. The van der Waals surface area contributed by atoms with Gasteiger partial charge in [-0.25, -0.2) is 4.98 Å². The zero-order valence-electron chi connectivity index (χ0n) is 6.44. The summed E-state index contributed by atoms with van der Waals surface area (Å²) in [6, 6.07) is 3.56. The third-order valence-corrected chi connectivity index (χ3v) is 3.14. The van der Waals surface area contributed by atoms with Crippen LogP contribution in [0.4, 0.5) is 0 Å². The van der Waals surface area contributed by atoms with E-state index in [1.54, 1.807) is 12.1 Å². The number of hydrogen-bond acceptors (Lipinski definition) is 1. The number of alkyl halides is 1. The maximum absolute atomic E-state index is 5.86. The van der Waals surface area contributed by atoms with Crippen LogP contribution in [-0.4, -0.2) is 9.97 Å². The molecule has 0 radical (unpaired) electrons. The van der Waals surface area contributed by atoms with Crippen LogP contribution in [0.1, 0.15) is 5.82 Å². The Morgan fingerprint density at radius 1 is 1.31 bits per heavy atom. The molecule has 1 N–H and O–H groups in total. The quantitative estimate of drug-likeness (QED) is 0.626. The van der Waals surface area contributed by atoms with Gasteiger partial charge in [-0.2, -0.15) is 0 Å². The molecule has 1 aromatic carbocycles. The van der Waals surface area contributed by atoms with E-state index in [0.29, 0.717) is 10.0 Å². The molecule has 0 bridgehead atoms. The van der Waals surface area contributed by atoms with Crippen LogP contribution in [0.5, 0.6) is 0 Å². The fourth-order valence-corrected chi connectivity index (χ4v) is 1.80. The Bertz CT molecular complexity index is 414. The Balaban J connectivity index is 2.70. The van der Waals surface area contributed by atoms with Crippen LogP contribution in [0.25, 0.3) is 11.0 Å². The van der Waals surface area contributed by atoms with Gasteiger partial charge in [0, 0.05) is 0 Å². The number of halogens is 3. The molecule has 0 aliphatic heterocycles. The van der Waals surface area contributed by atoms with E-state index in [1.807, 2.05) is 0 Å². The second-order valence-corrected chi connectivity index (χ2v) is 4.18. The topological polar surface area (TPSA) is 28.7 Å². The number of imidazole rings is 1. The minimum atomic E-state index is 0.542. The number of H-pyrrole nitrogens is 1. The molecule has 1 aromatic heterocycles. The summed E-state index contributed by atoms with van der Waals surface area (Å²) in [5, 5.41) is 1.10. The van der Waals surface area contributed by atoms with Crippen molar-refractivity contribution in [3.63, 3.8) is 0 Å². The minimum Gasteiger partial charge on any atom is -0.341 e. The number of rotatable bonds is 1. The second-order valence-electron chi connectivity index (χ2n) is 2.60. The van der Waals surface area contributed by atoms with Crippen LogP contribution in [0.15, 0.2) is 12.1 Å². The first-order valence-corrected chi connectivity index (χ1v) is 5.88. The summed E-state index contributed by atoms with van der Waals surface area (Å²) in [5.41, 5.74) is 1.79. The Morgan fingerprint density at radius 3 is 2.69 bits per heavy atom. The molecular weight excluding hydrogens is 322 g/mol. The first-order valence-electron chi connectivity index (χ1n) is 3.60. The van der Waals surface area contributed by atoms with Crippen molar-refractivity contribution in [2.75, 3.05) is 0 Å². The summed E-state index contributed by atoms with van der Waals surface area (Å²) < 4.78 is 0.849. The van der Waals surface area contributed by atoms with Crippen molar-refractivity contribution < 1.29 is 0 Å². The number of fused-ring (bicyclic) bond motifs is 1. The standard InChI is InChI=1S/C8H5Cl2IN2/c9-4-1-6-7(2-5(4)10)13-8(3-11)12-6/h1-2H,3H2,(H,12,13). The van der Waals surface area contributed by atoms with Crippen molar-refractivity contribution in [3.05, 3.63) is 28.0 Å². The highest BCUT2D eigenvalue weighted by Gasteiger charge is 2.05. The van der Waals surface area contributed by atoms with E-state index >= 15 is 0 Å². The summed E-state index contributed by atoms with van der Waals surface area (Å²) in [6.07, 6.45) is 0. The zero-order chi connectivity index (χ0) is 9.42. The lowest BCUT2D eigenvalue weighted by Crippen LogP contribution is -1.76. The van der Waals surface area contributed by atoms with Crippen LogP contribution >= 0.6 is 45.8 Å². The molecule has 0 aliphatic rings. The van der Waals surface area contributed by atoms with Gasteiger partial charge < -0.3 is 4.98 Å². The lowest BCUT2D eigenvalue weighted by Gasteiger charge is -1.93. The van der Waals surface area contributed by atoms with Gasteiger partial charge in [-0.15, -0.1) is 0 Å². The number of benzene rings is 1. The summed E-state index contributed by atoms with van der Waals surface area (Å²) >= 11 is 14.0. The number of nitrogens with one attached hydrogen (secondary N) is 1. The van der Waals surface area contributed by atoms with E-state index in [1.165, 1.54) is 0 Å². The van der Waals surface area contributed by atoms with Crippen LogP contribution in [0.2, 0.25) is 10.0 Å². The molecule has 2 nitrogen and oxygen atoms in total. The second kappa shape index (κ2) is 3.63. The first kappa shape index (κ1) is 9.55. The molecule has 0 unspecified atom stereocenters. The van der Waals surface area contributed by atoms with E-state index in [-0.39, 0.29) is 0 Å². The van der Waals surface area contributed by atoms with Gasteiger partial charge in [0.05, 0.1) is 25.5 Å². The molecule has 5 heteroatoms. The van der Waals surface area contributed by atoms with Crippen molar-refractivity contribution in [1.29, 1.82) is 0 Å². The normalized spacial score (nSPS) is 11.0. The van der Waals surface area contributed by atoms with E-state index in [9.17, 15) is 0 Å². The van der Waals surface area contributed by atoms with Gasteiger partial charge in [-0.1, -0.05) is 45.8 Å². The highest BCUT2D eigenvalue weighted by Crippen LogP contribution is 2.26. The van der Waals surface area contributed by atoms with Crippen molar-refractivity contribution in [2.45, 2.75) is 4.43 Å². The first-order chi connectivity index (χ1) is 6.20. The largest absolute Gasteiger partial charge is 0.341 e.